The second-order valence-electron chi connectivity index (χ2n) is 8.37. The molecule has 27 heavy (non-hydrogen) atoms. The van der Waals surface area contributed by atoms with Crippen LogP contribution in [0, 0.1) is 6.57 Å². The van der Waals surface area contributed by atoms with E-state index in [2.05, 4.69) is 26.3 Å². The zero-order valence-electron chi connectivity index (χ0n) is 15.6. The molecule has 2 fully saturated rings. The minimum Gasteiger partial charge on any atom is -0.323 e. The van der Waals surface area contributed by atoms with Crippen LogP contribution in [0.2, 0.25) is 0 Å². The molecule has 0 bridgehead atoms. The Morgan fingerprint density at radius 1 is 1.30 bits per heavy atom. The van der Waals surface area contributed by atoms with Gasteiger partial charge in [0.2, 0.25) is 0 Å². The molecule has 1 aromatic carbocycles. The number of nitrogens with zero attached hydrogens (tertiary/aromatic N) is 5. The lowest BCUT2D eigenvalue weighted by Crippen LogP contribution is -2.37. The molecule has 2 aromatic heterocycles. The van der Waals surface area contributed by atoms with Crippen molar-refractivity contribution in [3.8, 4) is 0 Å². The minimum absolute atomic E-state index is 0.150. The van der Waals surface area contributed by atoms with Gasteiger partial charge in [0.1, 0.15) is 17.0 Å². The van der Waals surface area contributed by atoms with Gasteiger partial charge in [-0.25, -0.2) is 14.2 Å². The number of likely N-dealkylation sites (tertiary alicyclic amines) is 1. The smallest absolute Gasteiger partial charge is 0.188 e. The van der Waals surface area contributed by atoms with E-state index in [4.69, 9.17) is 11.6 Å². The van der Waals surface area contributed by atoms with E-state index in [0.717, 1.165) is 47.3 Å². The molecule has 1 saturated carbocycles. The van der Waals surface area contributed by atoms with Gasteiger partial charge in [0.15, 0.2) is 5.69 Å². The molecular formula is C21H22FN5. The lowest BCUT2D eigenvalue weighted by Gasteiger charge is -2.39. The van der Waals surface area contributed by atoms with Crippen LogP contribution < -0.4 is 0 Å². The van der Waals surface area contributed by atoms with Crippen LogP contribution in [0.25, 0.3) is 26.8 Å². The number of halogens is 1. The van der Waals surface area contributed by atoms with E-state index in [0.29, 0.717) is 24.6 Å². The summed E-state index contributed by atoms with van der Waals surface area (Å²) >= 11 is 0. The Bertz CT molecular complexity index is 1090. The van der Waals surface area contributed by atoms with Crippen molar-refractivity contribution >= 4 is 27.6 Å². The quantitative estimate of drug-likeness (QED) is 0.624. The summed E-state index contributed by atoms with van der Waals surface area (Å²) in [6, 6.07) is 5.95. The van der Waals surface area contributed by atoms with Gasteiger partial charge in [-0.3, -0.25) is 4.98 Å². The fourth-order valence-corrected chi connectivity index (χ4v) is 4.78. The molecule has 138 valence electrons. The Kier molecular flexibility index (Phi) is 3.54. The average Bonchev–Trinajstić information content (AvgIpc) is 3.22. The van der Waals surface area contributed by atoms with Gasteiger partial charge in [-0.2, -0.15) is 0 Å². The zero-order valence-corrected chi connectivity index (χ0v) is 15.6. The van der Waals surface area contributed by atoms with Crippen molar-refractivity contribution in [1.29, 1.82) is 0 Å². The van der Waals surface area contributed by atoms with Gasteiger partial charge in [0.05, 0.1) is 23.8 Å². The summed E-state index contributed by atoms with van der Waals surface area (Å²) in [7, 11) is 2.14. The molecule has 0 spiro atoms. The standard InChI is InChI=1S/C21H22FN5/c1-21(22)9-13(10-21)20-25-18-11-24-17-5-4-14(23-2)8-16(17)19(18)27(20)15-6-7-26(3)12-15/h4-5,8,11,13,15H,6-7,9-10,12H2,1,3H3. The molecule has 1 unspecified atom stereocenters. The summed E-state index contributed by atoms with van der Waals surface area (Å²) < 4.78 is 16.6. The fraction of sp³-hybridized carbons (Fsp3) is 0.476. The molecule has 5 rings (SSSR count). The predicted molar refractivity (Wildman–Crippen MR) is 104 cm³/mol. The Hall–Kier alpha value is -2.52. The van der Waals surface area contributed by atoms with E-state index >= 15 is 0 Å². The van der Waals surface area contributed by atoms with Crippen LogP contribution in [0.3, 0.4) is 0 Å². The topological polar surface area (TPSA) is 38.3 Å². The van der Waals surface area contributed by atoms with E-state index in [1.54, 1.807) is 13.0 Å². The largest absolute Gasteiger partial charge is 0.323 e. The number of likely N-dealkylation sites (N-methyl/N-ethyl adjacent to an activating group) is 1. The highest BCUT2D eigenvalue weighted by Crippen LogP contribution is 2.48. The molecule has 1 atom stereocenters. The maximum Gasteiger partial charge on any atom is 0.188 e. The highest BCUT2D eigenvalue weighted by Gasteiger charge is 2.44. The molecule has 1 saturated heterocycles. The molecular weight excluding hydrogens is 341 g/mol. The first-order valence-corrected chi connectivity index (χ1v) is 9.51. The van der Waals surface area contributed by atoms with Gasteiger partial charge in [-0.15, -0.1) is 0 Å². The molecule has 0 N–H and O–H groups in total. The minimum atomic E-state index is -1.09. The van der Waals surface area contributed by atoms with E-state index < -0.39 is 5.67 Å². The number of aromatic nitrogens is 3. The number of fused-ring (bicyclic) bond motifs is 3. The third-order valence-electron chi connectivity index (χ3n) is 6.10. The van der Waals surface area contributed by atoms with Crippen molar-refractivity contribution < 1.29 is 4.39 Å². The van der Waals surface area contributed by atoms with Crippen molar-refractivity contribution in [2.45, 2.75) is 43.8 Å². The number of benzene rings is 1. The van der Waals surface area contributed by atoms with Crippen LogP contribution in [0.1, 0.15) is 44.0 Å². The Morgan fingerprint density at radius 3 is 2.78 bits per heavy atom. The van der Waals surface area contributed by atoms with E-state index in [-0.39, 0.29) is 5.92 Å². The van der Waals surface area contributed by atoms with Crippen molar-refractivity contribution in [3.63, 3.8) is 0 Å². The van der Waals surface area contributed by atoms with Crippen LogP contribution in [0.4, 0.5) is 10.1 Å². The predicted octanol–water partition coefficient (Wildman–Crippen LogP) is 4.62. The summed E-state index contributed by atoms with van der Waals surface area (Å²) in [6.07, 6.45) is 3.93. The summed E-state index contributed by atoms with van der Waals surface area (Å²) in [4.78, 5) is 15.4. The van der Waals surface area contributed by atoms with Gasteiger partial charge >= 0.3 is 0 Å². The molecule has 5 nitrogen and oxygen atoms in total. The zero-order chi connectivity index (χ0) is 18.8. The normalized spacial score (nSPS) is 28.5. The summed E-state index contributed by atoms with van der Waals surface area (Å²) in [6.45, 7) is 11.1. The number of alkyl halides is 1. The Morgan fingerprint density at radius 2 is 2.11 bits per heavy atom. The first kappa shape index (κ1) is 16.6. The van der Waals surface area contributed by atoms with Crippen LogP contribution >= 0.6 is 0 Å². The summed E-state index contributed by atoms with van der Waals surface area (Å²) in [5.41, 5.74) is 2.29. The van der Waals surface area contributed by atoms with E-state index in [1.807, 2.05) is 18.3 Å². The number of rotatable bonds is 2. The fourth-order valence-electron chi connectivity index (χ4n) is 4.78. The van der Waals surface area contributed by atoms with E-state index in [9.17, 15) is 4.39 Å². The highest BCUT2D eigenvalue weighted by molar-refractivity contribution is 6.03. The molecule has 1 aliphatic heterocycles. The first-order valence-electron chi connectivity index (χ1n) is 9.51. The van der Waals surface area contributed by atoms with E-state index in [1.165, 1.54) is 0 Å². The molecule has 3 heterocycles. The second kappa shape index (κ2) is 5.74. The van der Waals surface area contributed by atoms with Gasteiger partial charge in [0, 0.05) is 23.9 Å². The van der Waals surface area contributed by atoms with Crippen LogP contribution in [0.15, 0.2) is 24.4 Å². The third kappa shape index (κ3) is 2.61. The lowest BCUT2D eigenvalue weighted by atomic mass is 9.73. The van der Waals surface area contributed by atoms with Crippen LogP contribution in [0.5, 0.6) is 0 Å². The van der Waals surface area contributed by atoms with Gasteiger partial charge < -0.3 is 9.47 Å². The molecule has 2 aliphatic rings. The average molecular weight is 363 g/mol. The molecule has 0 amide bonds. The molecule has 1 aliphatic carbocycles. The van der Waals surface area contributed by atoms with Crippen molar-refractivity contribution in [2.75, 3.05) is 20.1 Å². The number of imidazole rings is 1. The van der Waals surface area contributed by atoms with Crippen molar-refractivity contribution in [3.05, 3.63) is 41.6 Å². The van der Waals surface area contributed by atoms with Gasteiger partial charge in [-0.1, -0.05) is 6.07 Å². The lowest BCUT2D eigenvalue weighted by molar-refractivity contribution is 0.0564. The van der Waals surface area contributed by atoms with Gasteiger partial charge in [-0.05, 0) is 51.9 Å². The maximum atomic E-state index is 14.2. The number of pyridine rings is 1. The third-order valence-corrected chi connectivity index (χ3v) is 6.10. The maximum absolute atomic E-state index is 14.2. The van der Waals surface area contributed by atoms with Crippen molar-refractivity contribution in [1.82, 2.24) is 19.4 Å². The SMILES string of the molecule is [C-]#[N+]c1ccc2ncc3nc(C4CC(C)(F)C4)n(C4CCN(C)C4)c3c2c1. The Balaban J connectivity index is 1.77. The van der Waals surface area contributed by atoms with Crippen LogP contribution in [-0.2, 0) is 0 Å². The summed E-state index contributed by atoms with van der Waals surface area (Å²) in [5, 5.41) is 0.969. The molecule has 3 aromatic rings. The molecule has 0 radical (unpaired) electrons. The number of hydrogen-bond donors (Lipinski definition) is 0. The monoisotopic (exact) mass is 363 g/mol. The van der Waals surface area contributed by atoms with Crippen molar-refractivity contribution in [2.24, 2.45) is 0 Å². The molecule has 6 heteroatoms. The highest BCUT2D eigenvalue weighted by atomic mass is 19.1. The first-order chi connectivity index (χ1) is 12.9. The van der Waals surface area contributed by atoms with Crippen LogP contribution in [-0.4, -0.2) is 45.2 Å². The Labute approximate surface area is 157 Å². The second-order valence-corrected chi connectivity index (χ2v) is 8.37. The van der Waals surface area contributed by atoms with Gasteiger partial charge in [0.25, 0.3) is 0 Å². The summed E-state index contributed by atoms with van der Waals surface area (Å²) in [5.74, 6) is 1.14. The number of hydrogen-bond acceptors (Lipinski definition) is 3.